The van der Waals surface area contributed by atoms with Gasteiger partial charge in [0.25, 0.3) is 5.91 Å². The first-order chi connectivity index (χ1) is 11.2. The summed E-state index contributed by atoms with van der Waals surface area (Å²) < 4.78 is 5.03. The molecule has 0 radical (unpaired) electrons. The lowest BCUT2D eigenvalue weighted by Crippen LogP contribution is -2.16. The smallest absolute Gasteiger partial charge is 0.281 e. The van der Waals surface area contributed by atoms with Gasteiger partial charge in [-0.15, -0.1) is 11.3 Å². The van der Waals surface area contributed by atoms with Gasteiger partial charge in [0.15, 0.2) is 11.5 Å². The average Bonchev–Trinajstić information content (AvgIpc) is 3.00. The van der Waals surface area contributed by atoms with Gasteiger partial charge in [-0.05, 0) is 61.1 Å². The summed E-state index contributed by atoms with van der Waals surface area (Å²) in [6, 6.07) is 6.84. The molecule has 1 amide bonds. The molecule has 23 heavy (non-hydrogen) atoms. The number of amides is 1. The van der Waals surface area contributed by atoms with Crippen LogP contribution in [0.1, 0.15) is 38.5 Å². The van der Waals surface area contributed by atoms with Gasteiger partial charge in [-0.2, -0.15) is 5.10 Å². The molecule has 5 nitrogen and oxygen atoms in total. The lowest BCUT2D eigenvalue weighted by Gasteiger charge is -2.08. The number of methoxy groups -OCH3 is 1. The van der Waals surface area contributed by atoms with Crippen molar-refractivity contribution in [3.05, 3.63) is 45.1 Å². The summed E-state index contributed by atoms with van der Waals surface area (Å²) in [4.78, 5) is 14.2. The second-order valence-corrected chi connectivity index (χ2v) is 6.53. The van der Waals surface area contributed by atoms with E-state index in [9.17, 15) is 9.90 Å². The fourth-order valence-electron chi connectivity index (χ4n) is 2.60. The Bertz CT molecular complexity index is 729. The van der Waals surface area contributed by atoms with Crippen LogP contribution in [0, 0.1) is 0 Å². The van der Waals surface area contributed by atoms with Crippen LogP contribution in [0.2, 0.25) is 0 Å². The van der Waals surface area contributed by atoms with Gasteiger partial charge in [-0.3, -0.25) is 4.79 Å². The highest BCUT2D eigenvalue weighted by Gasteiger charge is 2.16. The van der Waals surface area contributed by atoms with Crippen LogP contribution >= 0.6 is 11.3 Å². The van der Waals surface area contributed by atoms with Crippen LogP contribution in [-0.4, -0.2) is 24.3 Å². The number of thiophene rings is 1. The Kier molecular flexibility index (Phi) is 4.62. The lowest BCUT2D eigenvalue weighted by molar-refractivity contribution is 0.0959. The standard InChI is InChI=1S/C17H18N2O3S/c1-22-14-8-11(6-7-13(14)20)10-18-19-17(21)16-9-12-4-2-3-5-15(12)23-16/h6-10,20H,2-5H2,1H3,(H,19,21). The highest BCUT2D eigenvalue weighted by Crippen LogP contribution is 2.29. The number of rotatable bonds is 4. The van der Waals surface area contributed by atoms with E-state index in [-0.39, 0.29) is 11.7 Å². The SMILES string of the molecule is COc1cc(C=NNC(=O)c2cc3c(s2)CCCC3)ccc1O. The second kappa shape index (κ2) is 6.83. The molecule has 0 spiro atoms. The molecule has 2 N–H and O–H groups in total. The van der Waals surface area contributed by atoms with Gasteiger partial charge in [-0.1, -0.05) is 0 Å². The van der Waals surface area contributed by atoms with E-state index < -0.39 is 0 Å². The van der Waals surface area contributed by atoms with Crippen LogP contribution < -0.4 is 10.2 Å². The van der Waals surface area contributed by atoms with Gasteiger partial charge in [0.05, 0.1) is 18.2 Å². The molecule has 0 saturated carbocycles. The van der Waals surface area contributed by atoms with Gasteiger partial charge in [-0.25, -0.2) is 5.43 Å². The maximum absolute atomic E-state index is 12.2. The van der Waals surface area contributed by atoms with Gasteiger partial charge in [0.2, 0.25) is 0 Å². The molecule has 0 unspecified atom stereocenters. The predicted octanol–water partition coefficient (Wildman–Crippen LogP) is 3.11. The van der Waals surface area contributed by atoms with E-state index in [2.05, 4.69) is 10.5 Å². The summed E-state index contributed by atoms with van der Waals surface area (Å²) in [7, 11) is 1.48. The number of aromatic hydroxyl groups is 1. The number of nitrogens with one attached hydrogen (secondary N) is 1. The van der Waals surface area contributed by atoms with Crippen molar-refractivity contribution < 1.29 is 14.6 Å². The third-order valence-corrected chi connectivity index (χ3v) is 5.04. The van der Waals surface area contributed by atoms with E-state index in [4.69, 9.17) is 4.74 Å². The summed E-state index contributed by atoms with van der Waals surface area (Å²) in [5.41, 5.74) is 4.58. The summed E-state index contributed by atoms with van der Waals surface area (Å²) in [6.45, 7) is 0. The minimum absolute atomic E-state index is 0.0675. The molecule has 120 valence electrons. The van der Waals surface area contributed by atoms with Gasteiger partial charge in [0, 0.05) is 4.88 Å². The number of hydrogen-bond donors (Lipinski definition) is 2. The number of fused-ring (bicyclic) bond motifs is 1. The lowest BCUT2D eigenvalue weighted by atomic mass is 9.99. The molecule has 0 bridgehead atoms. The van der Waals surface area contributed by atoms with E-state index in [0.29, 0.717) is 10.6 Å². The zero-order chi connectivity index (χ0) is 16.2. The Morgan fingerprint density at radius 2 is 2.17 bits per heavy atom. The highest BCUT2D eigenvalue weighted by atomic mass is 32.1. The van der Waals surface area contributed by atoms with Crippen molar-refractivity contribution in [1.29, 1.82) is 0 Å². The van der Waals surface area contributed by atoms with E-state index in [1.54, 1.807) is 23.5 Å². The number of phenols is 1. The first kappa shape index (κ1) is 15.6. The largest absolute Gasteiger partial charge is 0.504 e. The van der Waals surface area contributed by atoms with E-state index in [0.717, 1.165) is 18.4 Å². The van der Waals surface area contributed by atoms with Crippen molar-refractivity contribution in [3.8, 4) is 11.5 Å². The van der Waals surface area contributed by atoms with Gasteiger partial charge >= 0.3 is 0 Å². The first-order valence-corrected chi connectivity index (χ1v) is 8.31. The van der Waals surface area contributed by atoms with Crippen LogP contribution in [0.5, 0.6) is 11.5 Å². The summed E-state index contributed by atoms with van der Waals surface area (Å²) in [5, 5.41) is 13.5. The molecule has 1 aliphatic carbocycles. The van der Waals surface area contributed by atoms with Crippen molar-refractivity contribution >= 4 is 23.5 Å². The normalized spacial score (nSPS) is 13.8. The van der Waals surface area contributed by atoms with Crippen LogP contribution in [-0.2, 0) is 12.8 Å². The Labute approximate surface area is 138 Å². The topological polar surface area (TPSA) is 70.9 Å². The molecule has 0 saturated heterocycles. The van der Waals surface area contributed by atoms with Crippen LogP contribution in [0.4, 0.5) is 0 Å². The Morgan fingerprint density at radius 1 is 1.35 bits per heavy atom. The summed E-state index contributed by atoms with van der Waals surface area (Å²) in [5.74, 6) is 0.246. The molecule has 0 fully saturated rings. The molecule has 1 aromatic carbocycles. The van der Waals surface area contributed by atoms with Crippen molar-refractivity contribution in [2.24, 2.45) is 5.10 Å². The fraction of sp³-hybridized carbons (Fsp3) is 0.294. The van der Waals surface area contributed by atoms with Crippen molar-refractivity contribution in [2.75, 3.05) is 7.11 Å². The number of phenolic OH excluding ortho intramolecular Hbond substituents is 1. The third-order valence-electron chi connectivity index (χ3n) is 3.80. The van der Waals surface area contributed by atoms with Crippen LogP contribution in [0.3, 0.4) is 0 Å². The number of benzene rings is 1. The minimum atomic E-state index is -0.189. The van der Waals surface area contributed by atoms with Crippen LogP contribution in [0.15, 0.2) is 29.4 Å². The fourth-order valence-corrected chi connectivity index (χ4v) is 3.74. The van der Waals surface area contributed by atoms with Crippen molar-refractivity contribution in [2.45, 2.75) is 25.7 Å². The van der Waals surface area contributed by atoms with Crippen molar-refractivity contribution in [1.82, 2.24) is 5.43 Å². The molecule has 3 rings (SSSR count). The Balaban J connectivity index is 1.65. The number of carbonyl (C=O) groups is 1. The molecule has 1 aliphatic rings. The van der Waals surface area contributed by atoms with E-state index in [1.807, 2.05) is 6.07 Å². The quantitative estimate of drug-likeness (QED) is 0.668. The zero-order valence-electron chi connectivity index (χ0n) is 12.8. The summed E-state index contributed by atoms with van der Waals surface area (Å²) >= 11 is 1.56. The predicted molar refractivity (Wildman–Crippen MR) is 90.7 cm³/mol. The van der Waals surface area contributed by atoms with Crippen molar-refractivity contribution in [3.63, 3.8) is 0 Å². The van der Waals surface area contributed by atoms with Gasteiger partial charge < -0.3 is 9.84 Å². The molecule has 0 aliphatic heterocycles. The monoisotopic (exact) mass is 330 g/mol. The third kappa shape index (κ3) is 3.53. The number of ether oxygens (including phenoxy) is 1. The maximum Gasteiger partial charge on any atom is 0.281 e. The molecular weight excluding hydrogens is 312 g/mol. The van der Waals surface area contributed by atoms with Crippen LogP contribution in [0.25, 0.3) is 0 Å². The Morgan fingerprint density at radius 3 is 2.96 bits per heavy atom. The summed E-state index contributed by atoms with van der Waals surface area (Å²) in [6.07, 6.45) is 6.06. The number of aryl methyl sites for hydroxylation is 2. The first-order valence-electron chi connectivity index (χ1n) is 7.49. The number of hydrogen-bond acceptors (Lipinski definition) is 5. The van der Waals surface area contributed by atoms with Gasteiger partial charge in [0.1, 0.15) is 0 Å². The minimum Gasteiger partial charge on any atom is -0.504 e. The molecule has 0 atom stereocenters. The molecular formula is C17H18N2O3S. The highest BCUT2D eigenvalue weighted by molar-refractivity contribution is 7.14. The zero-order valence-corrected chi connectivity index (χ0v) is 13.7. The molecule has 1 aromatic heterocycles. The van der Waals surface area contributed by atoms with E-state index in [1.165, 1.54) is 42.7 Å². The van der Waals surface area contributed by atoms with E-state index >= 15 is 0 Å². The number of carbonyl (C=O) groups excluding carboxylic acids is 1. The molecule has 2 aromatic rings. The molecule has 1 heterocycles. The maximum atomic E-state index is 12.2. The Hall–Kier alpha value is -2.34. The second-order valence-electron chi connectivity index (χ2n) is 5.40. The number of nitrogens with zero attached hydrogens (tertiary/aromatic N) is 1. The number of hydrazone groups is 1. The molecule has 6 heteroatoms. The average molecular weight is 330 g/mol.